The van der Waals surface area contributed by atoms with Crippen LogP contribution in [0.15, 0.2) is 12.1 Å². The zero-order valence-electron chi connectivity index (χ0n) is 10.0. The molecule has 0 radical (unpaired) electrons. The lowest BCUT2D eigenvalue weighted by molar-refractivity contribution is -0.124. The number of anilines is 1. The fourth-order valence-electron chi connectivity index (χ4n) is 1.86. The minimum Gasteiger partial charge on any atom is -0.381 e. The zero-order valence-corrected chi connectivity index (χ0v) is 10.0. The summed E-state index contributed by atoms with van der Waals surface area (Å²) in [4.78, 5) is 12.0. The van der Waals surface area contributed by atoms with Gasteiger partial charge in [-0.2, -0.15) is 0 Å². The van der Waals surface area contributed by atoms with Gasteiger partial charge in [-0.25, -0.2) is 13.2 Å². The molecule has 1 saturated heterocycles. The summed E-state index contributed by atoms with van der Waals surface area (Å²) in [6, 6.07) is 0.984. The predicted molar refractivity (Wildman–Crippen MR) is 61.9 cm³/mol. The van der Waals surface area contributed by atoms with Crippen molar-refractivity contribution in [3.05, 3.63) is 29.6 Å². The number of amides is 1. The van der Waals surface area contributed by atoms with Gasteiger partial charge in [-0.15, -0.1) is 0 Å². The minimum absolute atomic E-state index is 0.253. The van der Waals surface area contributed by atoms with Crippen LogP contribution in [-0.4, -0.2) is 24.7 Å². The first-order chi connectivity index (χ1) is 8.92. The highest BCUT2D eigenvalue weighted by molar-refractivity contribution is 5.98. The van der Waals surface area contributed by atoms with Crippen LogP contribution in [0.3, 0.4) is 0 Å². The summed E-state index contributed by atoms with van der Waals surface area (Å²) >= 11 is 0. The highest BCUT2D eigenvalue weighted by Crippen LogP contribution is 2.24. The Bertz CT molecular complexity index is 479. The maximum absolute atomic E-state index is 13.4. The lowest BCUT2D eigenvalue weighted by Gasteiger charge is -2.31. The molecule has 3 N–H and O–H groups in total. The Morgan fingerprint density at radius 2 is 1.74 bits per heavy atom. The normalized spacial score (nSPS) is 18.1. The van der Waals surface area contributed by atoms with E-state index in [1.807, 2.05) is 0 Å². The zero-order chi connectivity index (χ0) is 14.0. The summed E-state index contributed by atoms with van der Waals surface area (Å²) in [5.74, 6) is -4.12. The SMILES string of the molecule is NC1(C(=O)Nc2c(F)cc(F)cc2F)CCOCC1. The van der Waals surface area contributed by atoms with Crippen molar-refractivity contribution in [1.82, 2.24) is 0 Å². The molecule has 19 heavy (non-hydrogen) atoms. The average Bonchev–Trinajstić information content (AvgIpc) is 2.34. The Balaban J connectivity index is 2.19. The molecule has 0 bridgehead atoms. The number of ether oxygens (including phenoxy) is 1. The second-order valence-electron chi connectivity index (χ2n) is 4.47. The van der Waals surface area contributed by atoms with E-state index in [4.69, 9.17) is 10.5 Å². The number of halogens is 3. The third kappa shape index (κ3) is 2.87. The maximum atomic E-state index is 13.4. The van der Waals surface area contributed by atoms with Crippen LogP contribution < -0.4 is 11.1 Å². The van der Waals surface area contributed by atoms with E-state index in [0.29, 0.717) is 25.3 Å². The number of hydrogen-bond acceptors (Lipinski definition) is 3. The molecule has 1 aliphatic rings. The van der Waals surface area contributed by atoms with Crippen LogP contribution in [0.25, 0.3) is 0 Å². The lowest BCUT2D eigenvalue weighted by Crippen LogP contribution is -2.54. The highest BCUT2D eigenvalue weighted by atomic mass is 19.1. The van der Waals surface area contributed by atoms with Gasteiger partial charge in [-0.05, 0) is 12.8 Å². The molecule has 0 unspecified atom stereocenters. The van der Waals surface area contributed by atoms with Gasteiger partial charge in [-0.1, -0.05) is 0 Å². The predicted octanol–water partition coefficient (Wildman–Crippen LogP) is 1.55. The summed E-state index contributed by atoms with van der Waals surface area (Å²) in [6.45, 7) is 0.608. The molecule has 1 aromatic rings. The Kier molecular flexibility index (Phi) is 3.77. The molecule has 1 heterocycles. The minimum atomic E-state index is -1.23. The standard InChI is InChI=1S/C12H13F3N2O2/c13-7-5-8(14)10(9(15)6-7)17-11(18)12(16)1-3-19-4-2-12/h5-6H,1-4,16H2,(H,17,18). The topological polar surface area (TPSA) is 64.4 Å². The van der Waals surface area contributed by atoms with E-state index < -0.39 is 34.6 Å². The van der Waals surface area contributed by atoms with E-state index in [1.165, 1.54) is 0 Å². The first-order valence-corrected chi connectivity index (χ1v) is 5.75. The number of benzene rings is 1. The van der Waals surface area contributed by atoms with Crippen LogP contribution in [0, 0.1) is 17.5 Å². The van der Waals surface area contributed by atoms with Crippen molar-refractivity contribution in [2.75, 3.05) is 18.5 Å². The van der Waals surface area contributed by atoms with Gasteiger partial charge < -0.3 is 15.8 Å². The molecule has 1 aromatic carbocycles. The van der Waals surface area contributed by atoms with Gasteiger partial charge in [0.05, 0.1) is 0 Å². The van der Waals surface area contributed by atoms with E-state index in [9.17, 15) is 18.0 Å². The monoisotopic (exact) mass is 274 g/mol. The molecular weight excluding hydrogens is 261 g/mol. The third-order valence-electron chi connectivity index (χ3n) is 3.08. The molecule has 4 nitrogen and oxygen atoms in total. The summed E-state index contributed by atoms with van der Waals surface area (Å²) in [5.41, 5.74) is 3.95. The number of nitrogens with two attached hydrogens (primary N) is 1. The van der Waals surface area contributed by atoms with Gasteiger partial charge in [0.15, 0.2) is 11.6 Å². The fraction of sp³-hybridized carbons (Fsp3) is 0.417. The summed E-state index contributed by atoms with van der Waals surface area (Å²) in [6.07, 6.45) is 0.506. The van der Waals surface area contributed by atoms with Crippen molar-refractivity contribution in [3.8, 4) is 0 Å². The summed E-state index contributed by atoms with van der Waals surface area (Å²) in [7, 11) is 0. The number of rotatable bonds is 2. The van der Waals surface area contributed by atoms with Crippen LogP contribution >= 0.6 is 0 Å². The molecule has 1 aliphatic heterocycles. The fourth-order valence-corrected chi connectivity index (χ4v) is 1.86. The summed E-state index contributed by atoms with van der Waals surface area (Å²) < 4.78 is 44.6. The van der Waals surface area contributed by atoms with Crippen molar-refractivity contribution in [2.45, 2.75) is 18.4 Å². The third-order valence-corrected chi connectivity index (χ3v) is 3.08. The molecule has 0 saturated carbocycles. The van der Waals surface area contributed by atoms with Gasteiger partial charge in [0, 0.05) is 25.3 Å². The molecule has 0 spiro atoms. The van der Waals surface area contributed by atoms with E-state index in [0.717, 1.165) is 0 Å². The second-order valence-corrected chi connectivity index (χ2v) is 4.47. The number of nitrogens with one attached hydrogen (secondary N) is 1. The molecule has 7 heteroatoms. The average molecular weight is 274 g/mol. The molecule has 2 rings (SSSR count). The second kappa shape index (κ2) is 5.18. The molecule has 0 atom stereocenters. The van der Waals surface area contributed by atoms with Crippen molar-refractivity contribution in [1.29, 1.82) is 0 Å². The quantitative estimate of drug-likeness (QED) is 0.860. The molecular formula is C12H13F3N2O2. The van der Waals surface area contributed by atoms with Crippen LogP contribution in [-0.2, 0) is 9.53 Å². The molecule has 1 amide bonds. The van der Waals surface area contributed by atoms with Gasteiger partial charge >= 0.3 is 0 Å². The molecule has 0 aliphatic carbocycles. The summed E-state index contributed by atoms with van der Waals surface area (Å²) in [5, 5.41) is 2.08. The lowest BCUT2D eigenvalue weighted by atomic mass is 9.90. The van der Waals surface area contributed by atoms with Crippen molar-refractivity contribution >= 4 is 11.6 Å². The number of carbonyl (C=O) groups excluding carboxylic acids is 1. The molecule has 104 valence electrons. The van der Waals surface area contributed by atoms with E-state index >= 15 is 0 Å². The first kappa shape index (κ1) is 13.8. The smallest absolute Gasteiger partial charge is 0.244 e. The van der Waals surface area contributed by atoms with Crippen molar-refractivity contribution in [3.63, 3.8) is 0 Å². The van der Waals surface area contributed by atoms with E-state index in [1.54, 1.807) is 0 Å². The first-order valence-electron chi connectivity index (χ1n) is 5.75. The Labute approximate surface area is 107 Å². The van der Waals surface area contributed by atoms with Crippen LogP contribution in [0.5, 0.6) is 0 Å². The number of carbonyl (C=O) groups is 1. The number of hydrogen-bond donors (Lipinski definition) is 2. The van der Waals surface area contributed by atoms with Crippen molar-refractivity contribution in [2.24, 2.45) is 5.73 Å². The van der Waals surface area contributed by atoms with Crippen LogP contribution in [0.4, 0.5) is 18.9 Å². The van der Waals surface area contributed by atoms with Crippen molar-refractivity contribution < 1.29 is 22.7 Å². The van der Waals surface area contributed by atoms with E-state index in [-0.39, 0.29) is 12.8 Å². The van der Waals surface area contributed by atoms with Crippen LogP contribution in [0.2, 0.25) is 0 Å². The van der Waals surface area contributed by atoms with Gasteiger partial charge in [-0.3, -0.25) is 4.79 Å². The van der Waals surface area contributed by atoms with E-state index in [2.05, 4.69) is 5.32 Å². The molecule has 1 fully saturated rings. The maximum Gasteiger partial charge on any atom is 0.244 e. The Morgan fingerprint density at radius 3 is 2.26 bits per heavy atom. The Hall–Kier alpha value is -1.60. The Morgan fingerprint density at radius 1 is 1.21 bits per heavy atom. The largest absolute Gasteiger partial charge is 0.381 e. The van der Waals surface area contributed by atoms with Gasteiger partial charge in [0.25, 0.3) is 0 Å². The van der Waals surface area contributed by atoms with Gasteiger partial charge in [0.1, 0.15) is 17.0 Å². The highest BCUT2D eigenvalue weighted by Gasteiger charge is 2.36. The molecule has 0 aromatic heterocycles. The van der Waals surface area contributed by atoms with Gasteiger partial charge in [0.2, 0.25) is 5.91 Å². The van der Waals surface area contributed by atoms with Crippen LogP contribution in [0.1, 0.15) is 12.8 Å².